The van der Waals surface area contributed by atoms with Crippen LogP contribution in [0.25, 0.3) is 0 Å². The van der Waals surface area contributed by atoms with E-state index in [1.54, 1.807) is 0 Å². The molecule has 0 amide bonds. The van der Waals surface area contributed by atoms with Gasteiger partial charge in [-0.05, 0) is 38.1 Å². The average Bonchev–Trinajstić information content (AvgIpc) is 2.59. The van der Waals surface area contributed by atoms with Crippen LogP contribution < -0.4 is 0 Å². The molecule has 2 atom stereocenters. The lowest BCUT2D eigenvalue weighted by Gasteiger charge is -2.31. The van der Waals surface area contributed by atoms with Crippen molar-refractivity contribution in [3.05, 3.63) is 0 Å². The second kappa shape index (κ2) is 6.41. The van der Waals surface area contributed by atoms with E-state index in [-0.39, 0.29) is 0 Å². The molecule has 0 spiro atoms. The first-order valence-electron chi connectivity index (χ1n) is 6.14. The largest absolute Gasteiger partial charge is 0.396 e. The second-order valence-corrected chi connectivity index (χ2v) is 4.59. The molecule has 0 saturated heterocycles. The van der Waals surface area contributed by atoms with Crippen molar-refractivity contribution in [3.63, 3.8) is 0 Å². The summed E-state index contributed by atoms with van der Waals surface area (Å²) >= 11 is 0. The molecule has 1 rings (SSSR count). The van der Waals surface area contributed by atoms with E-state index in [1.165, 1.54) is 32.2 Å². The van der Waals surface area contributed by atoms with E-state index < -0.39 is 0 Å². The molecule has 0 aromatic carbocycles. The molecule has 84 valence electrons. The lowest BCUT2D eigenvalue weighted by Crippen LogP contribution is -2.38. The maximum absolute atomic E-state index is 8.87. The lowest BCUT2D eigenvalue weighted by molar-refractivity contribution is 0.150. The Hall–Kier alpha value is -0.0800. The van der Waals surface area contributed by atoms with Crippen molar-refractivity contribution in [2.24, 2.45) is 5.92 Å². The summed E-state index contributed by atoms with van der Waals surface area (Å²) in [5.41, 5.74) is 0. The second-order valence-electron chi connectivity index (χ2n) is 4.59. The van der Waals surface area contributed by atoms with E-state index in [2.05, 4.69) is 18.7 Å². The third-order valence-corrected chi connectivity index (χ3v) is 3.40. The Morgan fingerprint density at radius 2 is 2.07 bits per heavy atom. The molecule has 0 aromatic heterocycles. The van der Waals surface area contributed by atoms with Gasteiger partial charge in [0.05, 0.1) is 0 Å². The molecule has 1 saturated carbocycles. The Labute approximate surface area is 88.3 Å². The van der Waals surface area contributed by atoms with Gasteiger partial charge >= 0.3 is 0 Å². The van der Waals surface area contributed by atoms with E-state index >= 15 is 0 Å². The van der Waals surface area contributed by atoms with Crippen LogP contribution in [0.15, 0.2) is 0 Å². The zero-order valence-electron chi connectivity index (χ0n) is 9.71. The molecule has 1 fully saturated rings. The topological polar surface area (TPSA) is 23.5 Å². The van der Waals surface area contributed by atoms with Gasteiger partial charge in [0.2, 0.25) is 0 Å². The van der Waals surface area contributed by atoms with Crippen molar-refractivity contribution in [1.29, 1.82) is 0 Å². The molecule has 0 bridgehead atoms. The van der Waals surface area contributed by atoms with Crippen molar-refractivity contribution in [1.82, 2.24) is 4.90 Å². The number of rotatable bonds is 6. The number of nitrogens with zero attached hydrogens (tertiary/aromatic N) is 1. The van der Waals surface area contributed by atoms with E-state index in [9.17, 15) is 0 Å². The third kappa shape index (κ3) is 3.25. The van der Waals surface area contributed by atoms with Crippen LogP contribution in [-0.2, 0) is 0 Å². The first kappa shape index (κ1) is 12.0. The van der Waals surface area contributed by atoms with Crippen LogP contribution in [0, 0.1) is 5.92 Å². The molecular formula is C12H25NO. The standard InChI is InChI=1S/C12H25NO/c1-3-8-13(9-5-10-14)12-7-4-6-11(12)2/h11-12,14H,3-10H2,1-2H3. The average molecular weight is 199 g/mol. The monoisotopic (exact) mass is 199 g/mol. The third-order valence-electron chi connectivity index (χ3n) is 3.40. The van der Waals surface area contributed by atoms with Gasteiger partial charge in [0, 0.05) is 19.2 Å². The highest BCUT2D eigenvalue weighted by Crippen LogP contribution is 2.29. The summed E-state index contributed by atoms with van der Waals surface area (Å²) in [4.78, 5) is 2.59. The van der Waals surface area contributed by atoms with Gasteiger partial charge < -0.3 is 10.0 Å². The number of hydrogen-bond acceptors (Lipinski definition) is 2. The summed E-state index contributed by atoms with van der Waals surface area (Å²) in [5.74, 6) is 0.861. The van der Waals surface area contributed by atoms with E-state index in [0.717, 1.165) is 24.9 Å². The van der Waals surface area contributed by atoms with Crippen molar-refractivity contribution < 1.29 is 5.11 Å². The molecule has 0 heterocycles. The summed E-state index contributed by atoms with van der Waals surface area (Å²) in [6.07, 6.45) is 6.32. The molecule has 1 aliphatic carbocycles. The highest BCUT2D eigenvalue weighted by atomic mass is 16.3. The molecule has 0 aliphatic heterocycles. The maximum Gasteiger partial charge on any atom is 0.0443 e. The van der Waals surface area contributed by atoms with Crippen molar-refractivity contribution in [2.45, 2.75) is 52.0 Å². The van der Waals surface area contributed by atoms with Gasteiger partial charge in [-0.2, -0.15) is 0 Å². The van der Waals surface area contributed by atoms with Gasteiger partial charge in [-0.25, -0.2) is 0 Å². The highest BCUT2D eigenvalue weighted by Gasteiger charge is 2.27. The van der Waals surface area contributed by atoms with Gasteiger partial charge in [0.25, 0.3) is 0 Å². The number of aliphatic hydroxyl groups excluding tert-OH is 1. The zero-order chi connectivity index (χ0) is 10.4. The van der Waals surface area contributed by atoms with Crippen LogP contribution in [0.4, 0.5) is 0 Å². The van der Waals surface area contributed by atoms with Gasteiger partial charge in [-0.3, -0.25) is 0 Å². The molecule has 14 heavy (non-hydrogen) atoms. The Morgan fingerprint density at radius 1 is 1.29 bits per heavy atom. The first-order chi connectivity index (χ1) is 6.79. The molecule has 1 aliphatic rings. The van der Waals surface area contributed by atoms with Crippen LogP contribution in [-0.4, -0.2) is 35.7 Å². The van der Waals surface area contributed by atoms with Crippen molar-refractivity contribution in [3.8, 4) is 0 Å². The van der Waals surface area contributed by atoms with Gasteiger partial charge in [-0.1, -0.05) is 20.3 Å². The normalized spacial score (nSPS) is 27.4. The molecule has 2 unspecified atom stereocenters. The van der Waals surface area contributed by atoms with Gasteiger partial charge in [0.1, 0.15) is 0 Å². The fourth-order valence-corrected chi connectivity index (χ4v) is 2.67. The summed E-state index contributed by atoms with van der Waals surface area (Å²) in [6.45, 7) is 7.24. The Kier molecular flexibility index (Phi) is 5.49. The summed E-state index contributed by atoms with van der Waals surface area (Å²) in [6, 6.07) is 0.793. The Morgan fingerprint density at radius 3 is 2.57 bits per heavy atom. The Balaban J connectivity index is 2.39. The fraction of sp³-hybridized carbons (Fsp3) is 1.00. The molecule has 0 aromatic rings. The van der Waals surface area contributed by atoms with Crippen LogP contribution in [0.2, 0.25) is 0 Å². The minimum absolute atomic E-state index is 0.335. The lowest BCUT2D eigenvalue weighted by atomic mass is 10.0. The fourth-order valence-electron chi connectivity index (χ4n) is 2.67. The number of hydrogen-bond donors (Lipinski definition) is 1. The quantitative estimate of drug-likeness (QED) is 0.709. The van der Waals surface area contributed by atoms with Crippen LogP contribution in [0.3, 0.4) is 0 Å². The van der Waals surface area contributed by atoms with Crippen molar-refractivity contribution >= 4 is 0 Å². The SMILES string of the molecule is CCCN(CCCO)C1CCCC1C. The summed E-state index contributed by atoms with van der Waals surface area (Å²) in [7, 11) is 0. The van der Waals surface area contributed by atoms with Gasteiger partial charge in [-0.15, -0.1) is 0 Å². The molecule has 2 nitrogen and oxygen atoms in total. The minimum Gasteiger partial charge on any atom is -0.396 e. The van der Waals surface area contributed by atoms with E-state index in [0.29, 0.717) is 6.61 Å². The van der Waals surface area contributed by atoms with Crippen LogP contribution >= 0.6 is 0 Å². The smallest absolute Gasteiger partial charge is 0.0443 e. The molecule has 1 N–H and O–H groups in total. The molecule has 0 radical (unpaired) electrons. The van der Waals surface area contributed by atoms with Crippen molar-refractivity contribution in [2.75, 3.05) is 19.7 Å². The number of aliphatic hydroxyl groups is 1. The minimum atomic E-state index is 0.335. The summed E-state index contributed by atoms with van der Waals surface area (Å²) in [5, 5.41) is 8.87. The zero-order valence-corrected chi connectivity index (χ0v) is 9.71. The van der Waals surface area contributed by atoms with E-state index in [1.807, 2.05) is 0 Å². The summed E-state index contributed by atoms with van der Waals surface area (Å²) < 4.78 is 0. The van der Waals surface area contributed by atoms with Crippen LogP contribution in [0.1, 0.15) is 46.0 Å². The van der Waals surface area contributed by atoms with Crippen LogP contribution in [0.5, 0.6) is 0 Å². The maximum atomic E-state index is 8.87. The van der Waals surface area contributed by atoms with E-state index in [4.69, 9.17) is 5.11 Å². The Bertz CT molecular complexity index is 149. The van der Waals surface area contributed by atoms with Gasteiger partial charge in [0.15, 0.2) is 0 Å². The predicted octanol–water partition coefficient (Wildman–Crippen LogP) is 2.27. The molecule has 2 heteroatoms. The first-order valence-corrected chi connectivity index (χ1v) is 6.14. The molecular weight excluding hydrogens is 174 g/mol. The highest BCUT2D eigenvalue weighted by molar-refractivity contribution is 4.82. The predicted molar refractivity (Wildman–Crippen MR) is 60.4 cm³/mol.